The molecule has 0 saturated carbocycles. The molecule has 3 heterocycles. The van der Waals surface area contributed by atoms with Gasteiger partial charge in [0, 0.05) is 69.7 Å². The topological polar surface area (TPSA) is 64.1 Å². The van der Waals surface area contributed by atoms with Crippen molar-refractivity contribution < 1.29 is 4.79 Å². The molecule has 170 valence electrons. The fourth-order valence-electron chi connectivity index (χ4n) is 3.67. The molecule has 7 nitrogen and oxygen atoms in total. The van der Waals surface area contributed by atoms with Crippen LogP contribution in [0.4, 0.5) is 0 Å². The number of nitrogens with zero attached hydrogens (tertiary/aromatic N) is 5. The average Bonchev–Trinajstić information content (AvgIpc) is 3.27. The number of hydrogen-bond acceptors (Lipinski definition) is 6. The molecule has 0 atom stereocenters. The smallest absolute Gasteiger partial charge is 0.236 e. The largest absolute Gasteiger partial charge is 0.357 e. The maximum atomic E-state index is 12.5. The van der Waals surface area contributed by atoms with Crippen molar-refractivity contribution in [3.63, 3.8) is 0 Å². The first kappa shape index (κ1) is 25.7. The van der Waals surface area contributed by atoms with E-state index in [9.17, 15) is 4.79 Å². The first-order valence-electron chi connectivity index (χ1n) is 10.8. The zero-order valence-corrected chi connectivity index (χ0v) is 21.9. The quantitative estimate of drug-likeness (QED) is 0.172. The molecule has 0 bridgehead atoms. The highest BCUT2D eigenvalue weighted by molar-refractivity contribution is 14.0. The number of piperidine rings is 1. The highest BCUT2D eigenvalue weighted by Gasteiger charge is 2.23. The van der Waals surface area contributed by atoms with Crippen LogP contribution in [0.3, 0.4) is 0 Å². The monoisotopic (exact) mass is 566 g/mol. The van der Waals surface area contributed by atoms with Crippen molar-refractivity contribution in [1.82, 2.24) is 25.0 Å². The van der Waals surface area contributed by atoms with Gasteiger partial charge in [0.05, 0.1) is 6.54 Å². The van der Waals surface area contributed by atoms with E-state index in [4.69, 9.17) is 4.99 Å². The van der Waals surface area contributed by atoms with E-state index in [1.54, 1.807) is 23.1 Å². The van der Waals surface area contributed by atoms with Gasteiger partial charge in [-0.3, -0.25) is 14.7 Å². The van der Waals surface area contributed by atoms with Gasteiger partial charge < -0.3 is 15.1 Å². The SMILES string of the molecule is CCNC(=NCCCSc1nccs1)N1CCN(CC(=O)N2CCCCC2)CC1.I. The summed E-state index contributed by atoms with van der Waals surface area (Å²) in [6, 6.07) is 0. The molecule has 1 aromatic rings. The van der Waals surface area contributed by atoms with Crippen molar-refractivity contribution in [2.75, 3.05) is 64.7 Å². The minimum atomic E-state index is 0. The molecule has 0 aromatic carbocycles. The van der Waals surface area contributed by atoms with E-state index in [0.717, 1.165) is 87.7 Å². The summed E-state index contributed by atoms with van der Waals surface area (Å²) in [6.07, 6.45) is 6.48. The third-order valence-corrected chi connectivity index (χ3v) is 7.33. The zero-order valence-electron chi connectivity index (χ0n) is 17.9. The molecule has 2 saturated heterocycles. The lowest BCUT2D eigenvalue weighted by atomic mass is 10.1. The third kappa shape index (κ3) is 8.51. The van der Waals surface area contributed by atoms with Crippen LogP contribution in [0.2, 0.25) is 0 Å². The van der Waals surface area contributed by atoms with E-state index in [1.165, 1.54) is 6.42 Å². The van der Waals surface area contributed by atoms with Crippen LogP contribution in [-0.2, 0) is 4.79 Å². The number of thiazole rings is 1. The number of carbonyl (C=O) groups is 1. The highest BCUT2D eigenvalue weighted by Crippen LogP contribution is 2.20. The Morgan fingerprint density at radius 3 is 2.60 bits per heavy atom. The van der Waals surface area contributed by atoms with Crippen LogP contribution in [0.15, 0.2) is 20.9 Å². The molecular weight excluding hydrogens is 531 g/mol. The van der Waals surface area contributed by atoms with Crippen LogP contribution in [0.5, 0.6) is 0 Å². The van der Waals surface area contributed by atoms with E-state index in [0.29, 0.717) is 12.5 Å². The van der Waals surface area contributed by atoms with Gasteiger partial charge in [0.25, 0.3) is 0 Å². The minimum absolute atomic E-state index is 0. The number of likely N-dealkylation sites (tertiary alicyclic amines) is 1. The van der Waals surface area contributed by atoms with E-state index < -0.39 is 0 Å². The predicted octanol–water partition coefficient (Wildman–Crippen LogP) is 2.84. The third-order valence-electron chi connectivity index (χ3n) is 5.27. The van der Waals surface area contributed by atoms with Crippen LogP contribution in [-0.4, -0.2) is 96.2 Å². The molecule has 0 unspecified atom stereocenters. The average molecular weight is 567 g/mol. The summed E-state index contributed by atoms with van der Waals surface area (Å²) in [5.74, 6) is 2.35. The Kier molecular flexibility index (Phi) is 12.4. The van der Waals surface area contributed by atoms with E-state index in [1.807, 2.05) is 16.5 Å². The molecule has 0 radical (unpaired) electrons. The van der Waals surface area contributed by atoms with Gasteiger partial charge in [0.1, 0.15) is 4.34 Å². The van der Waals surface area contributed by atoms with E-state index >= 15 is 0 Å². The van der Waals surface area contributed by atoms with Crippen molar-refractivity contribution >= 4 is 58.9 Å². The summed E-state index contributed by atoms with van der Waals surface area (Å²) < 4.78 is 1.14. The second-order valence-corrected chi connectivity index (χ2v) is 9.68. The number of amides is 1. The molecular formula is C20H35IN6OS2. The van der Waals surface area contributed by atoms with E-state index in [2.05, 4.69) is 27.0 Å². The summed E-state index contributed by atoms with van der Waals surface area (Å²) in [5.41, 5.74) is 0. The molecule has 2 aliphatic rings. The molecule has 10 heteroatoms. The van der Waals surface area contributed by atoms with Gasteiger partial charge in [-0.15, -0.1) is 35.3 Å². The van der Waals surface area contributed by atoms with Crippen LogP contribution in [0.1, 0.15) is 32.6 Å². The number of hydrogen-bond donors (Lipinski definition) is 1. The maximum absolute atomic E-state index is 12.5. The molecule has 30 heavy (non-hydrogen) atoms. The molecule has 1 N–H and O–H groups in total. The van der Waals surface area contributed by atoms with Crippen molar-refractivity contribution in [3.05, 3.63) is 11.6 Å². The standard InChI is InChI=1S/C20H34N6OS2.HI/c1-2-21-19(22-7-6-15-28-20-23-8-16-29-20)26-13-11-24(12-14-26)17-18(27)25-9-4-3-5-10-25;/h8,16H,2-7,9-15,17H2,1H3,(H,21,22);1H. The predicted molar refractivity (Wildman–Crippen MR) is 137 cm³/mol. The number of carbonyl (C=O) groups excluding carboxylic acids is 1. The summed E-state index contributed by atoms with van der Waals surface area (Å²) in [7, 11) is 0. The Labute approximate surface area is 206 Å². The van der Waals surface area contributed by atoms with Gasteiger partial charge in [0.2, 0.25) is 5.91 Å². The van der Waals surface area contributed by atoms with E-state index in [-0.39, 0.29) is 24.0 Å². The maximum Gasteiger partial charge on any atom is 0.236 e. The Morgan fingerprint density at radius 2 is 1.93 bits per heavy atom. The molecule has 3 rings (SSSR count). The van der Waals surface area contributed by atoms with Crippen LogP contribution >= 0.6 is 47.1 Å². The number of aliphatic imine (C=N–C) groups is 1. The van der Waals surface area contributed by atoms with Gasteiger partial charge in [-0.05, 0) is 32.6 Å². The molecule has 0 spiro atoms. The number of aromatic nitrogens is 1. The molecule has 0 aliphatic carbocycles. The molecule has 1 amide bonds. The van der Waals surface area contributed by atoms with Gasteiger partial charge in [-0.1, -0.05) is 11.8 Å². The summed E-state index contributed by atoms with van der Waals surface area (Å²) in [4.78, 5) is 28.3. The molecule has 2 fully saturated rings. The summed E-state index contributed by atoms with van der Waals surface area (Å²) >= 11 is 3.50. The Morgan fingerprint density at radius 1 is 1.17 bits per heavy atom. The fraction of sp³-hybridized carbons (Fsp3) is 0.750. The first-order chi connectivity index (χ1) is 14.3. The van der Waals surface area contributed by atoms with Crippen molar-refractivity contribution in [1.29, 1.82) is 0 Å². The normalized spacial score (nSPS) is 18.2. The van der Waals surface area contributed by atoms with Gasteiger partial charge in [-0.2, -0.15) is 0 Å². The highest BCUT2D eigenvalue weighted by atomic mass is 127. The van der Waals surface area contributed by atoms with Crippen LogP contribution in [0.25, 0.3) is 0 Å². The number of piperazine rings is 1. The number of rotatable bonds is 8. The first-order valence-corrected chi connectivity index (χ1v) is 12.7. The van der Waals surface area contributed by atoms with Crippen LogP contribution < -0.4 is 5.32 Å². The lowest BCUT2D eigenvalue weighted by Crippen LogP contribution is -2.54. The Bertz CT molecular complexity index is 631. The number of halogens is 1. The minimum Gasteiger partial charge on any atom is -0.357 e. The Hall–Kier alpha value is -0.590. The number of guanidine groups is 1. The zero-order chi connectivity index (χ0) is 20.3. The second-order valence-electron chi connectivity index (χ2n) is 7.44. The summed E-state index contributed by atoms with van der Waals surface area (Å²) in [6.45, 7) is 9.95. The summed E-state index contributed by atoms with van der Waals surface area (Å²) in [5, 5.41) is 5.45. The van der Waals surface area contributed by atoms with Gasteiger partial charge in [0.15, 0.2) is 5.96 Å². The van der Waals surface area contributed by atoms with Crippen molar-refractivity contribution in [2.24, 2.45) is 4.99 Å². The van der Waals surface area contributed by atoms with Gasteiger partial charge in [-0.25, -0.2) is 4.98 Å². The second kappa shape index (κ2) is 14.5. The molecule has 1 aromatic heterocycles. The Balaban J connectivity index is 0.00000320. The van der Waals surface area contributed by atoms with Crippen molar-refractivity contribution in [3.8, 4) is 0 Å². The number of nitrogens with one attached hydrogen (secondary N) is 1. The lowest BCUT2D eigenvalue weighted by Gasteiger charge is -2.37. The fourth-order valence-corrected chi connectivity index (χ4v) is 5.30. The van der Waals surface area contributed by atoms with Crippen molar-refractivity contribution in [2.45, 2.75) is 36.9 Å². The van der Waals surface area contributed by atoms with Crippen LogP contribution in [0, 0.1) is 0 Å². The van der Waals surface area contributed by atoms with Gasteiger partial charge >= 0.3 is 0 Å². The number of thioether (sulfide) groups is 1. The lowest BCUT2D eigenvalue weighted by molar-refractivity contribution is -0.133. The molecule has 2 aliphatic heterocycles.